The van der Waals surface area contributed by atoms with E-state index in [4.69, 9.17) is 0 Å². The summed E-state index contributed by atoms with van der Waals surface area (Å²) in [5.41, 5.74) is 0.345. The predicted octanol–water partition coefficient (Wildman–Crippen LogP) is 2.65. The van der Waals surface area contributed by atoms with E-state index in [0.717, 1.165) is 6.07 Å². The van der Waals surface area contributed by atoms with Crippen molar-refractivity contribution in [2.24, 2.45) is 0 Å². The third kappa shape index (κ3) is 3.06. The molecule has 8 heteroatoms. The van der Waals surface area contributed by atoms with Crippen molar-refractivity contribution in [2.45, 2.75) is 12.8 Å². The lowest BCUT2D eigenvalue weighted by atomic mass is 10.3. The van der Waals surface area contributed by atoms with Gasteiger partial charge in [0.1, 0.15) is 5.75 Å². The Hall–Kier alpha value is -1.57. The number of hydrogen-bond acceptors (Lipinski definition) is 3. The number of amides is 1. The summed E-state index contributed by atoms with van der Waals surface area (Å²) in [5, 5.41) is 0. The van der Waals surface area contributed by atoms with Gasteiger partial charge < -0.3 is 9.64 Å². The summed E-state index contributed by atoms with van der Waals surface area (Å²) < 4.78 is 40.1. The molecule has 2 rings (SSSR count). The quantitative estimate of drug-likeness (QED) is 0.779. The molecule has 0 atom stereocenters. The minimum Gasteiger partial charge on any atom is -0.405 e. The lowest BCUT2D eigenvalue weighted by Crippen LogP contribution is -2.27. The monoisotopic (exact) mass is 337 g/mol. The number of hydrogen-bond donors (Lipinski definition) is 0. The van der Waals surface area contributed by atoms with Crippen LogP contribution in [0, 0.1) is 0 Å². The molecule has 0 bridgehead atoms. The lowest BCUT2D eigenvalue weighted by molar-refractivity contribution is -0.274. The number of Topliss-reactive ketones (excluding diaryl/α,β-unsaturated/α-hetero) is 1. The Morgan fingerprint density at radius 3 is 2.42 bits per heavy atom. The Kier molecular flexibility index (Phi) is 3.53. The van der Waals surface area contributed by atoms with E-state index in [1.807, 2.05) is 0 Å². The van der Waals surface area contributed by atoms with E-state index in [2.05, 4.69) is 20.7 Å². The molecule has 0 aliphatic carbocycles. The molecule has 1 aliphatic heterocycles. The van der Waals surface area contributed by atoms with Crippen molar-refractivity contribution in [3.05, 3.63) is 22.7 Å². The zero-order chi connectivity index (χ0) is 14.2. The summed E-state index contributed by atoms with van der Waals surface area (Å²) in [5.74, 6) is -1.57. The molecule has 0 spiro atoms. The highest BCUT2D eigenvalue weighted by molar-refractivity contribution is 9.10. The SMILES string of the molecule is O=C1CCN(c2ccc(OC(F)(F)F)c(Br)c2)C1=O. The second-order valence-corrected chi connectivity index (χ2v) is 4.65. The van der Waals surface area contributed by atoms with Crippen LogP contribution in [-0.2, 0) is 9.59 Å². The highest BCUT2D eigenvalue weighted by Gasteiger charge is 2.33. The van der Waals surface area contributed by atoms with E-state index in [1.54, 1.807) is 0 Å². The topological polar surface area (TPSA) is 46.6 Å². The molecule has 1 amide bonds. The van der Waals surface area contributed by atoms with Crippen molar-refractivity contribution in [1.29, 1.82) is 0 Å². The van der Waals surface area contributed by atoms with Crippen LogP contribution in [0.2, 0.25) is 0 Å². The molecule has 0 unspecified atom stereocenters. The van der Waals surface area contributed by atoms with Crippen molar-refractivity contribution < 1.29 is 27.5 Å². The highest BCUT2D eigenvalue weighted by atomic mass is 79.9. The summed E-state index contributed by atoms with van der Waals surface area (Å²) in [4.78, 5) is 23.8. The number of ketones is 1. The molecule has 1 fully saturated rings. The zero-order valence-corrected chi connectivity index (χ0v) is 10.9. The molecule has 4 nitrogen and oxygen atoms in total. The molecule has 1 aliphatic rings. The van der Waals surface area contributed by atoms with Gasteiger partial charge in [0.15, 0.2) is 0 Å². The molecular formula is C11H7BrF3NO3. The van der Waals surface area contributed by atoms with E-state index < -0.39 is 23.8 Å². The Labute approximate surface area is 114 Å². The van der Waals surface area contributed by atoms with Crippen LogP contribution in [-0.4, -0.2) is 24.6 Å². The first-order chi connectivity index (χ1) is 8.78. The maximum Gasteiger partial charge on any atom is 0.573 e. The van der Waals surface area contributed by atoms with E-state index in [1.165, 1.54) is 17.0 Å². The number of ether oxygens (including phenoxy) is 1. The van der Waals surface area contributed by atoms with Gasteiger partial charge in [-0.2, -0.15) is 0 Å². The molecule has 0 radical (unpaired) electrons. The van der Waals surface area contributed by atoms with Gasteiger partial charge in [-0.15, -0.1) is 13.2 Å². The maximum absolute atomic E-state index is 12.1. The van der Waals surface area contributed by atoms with Crippen LogP contribution < -0.4 is 9.64 Å². The molecule has 19 heavy (non-hydrogen) atoms. The van der Waals surface area contributed by atoms with Crippen molar-refractivity contribution in [3.8, 4) is 5.75 Å². The number of carbonyl (C=O) groups excluding carboxylic acids is 2. The molecule has 0 N–H and O–H groups in total. The minimum absolute atomic E-state index is 0.0504. The van der Waals surface area contributed by atoms with E-state index in [9.17, 15) is 22.8 Å². The lowest BCUT2D eigenvalue weighted by Gasteiger charge is -2.17. The zero-order valence-electron chi connectivity index (χ0n) is 9.33. The number of halogens is 4. The first-order valence-corrected chi connectivity index (χ1v) is 5.97. The van der Waals surface area contributed by atoms with Gasteiger partial charge in [0, 0.05) is 18.7 Å². The second kappa shape index (κ2) is 4.84. The molecule has 1 heterocycles. The van der Waals surface area contributed by atoms with Gasteiger partial charge in [0.25, 0.3) is 5.91 Å². The summed E-state index contributed by atoms with van der Waals surface area (Å²) in [6.45, 7) is 0.226. The molecule has 1 aromatic carbocycles. The number of nitrogens with zero attached hydrogens (tertiary/aromatic N) is 1. The summed E-state index contributed by atoms with van der Waals surface area (Å²) in [6.07, 6.45) is -4.68. The van der Waals surface area contributed by atoms with Gasteiger partial charge in [0.2, 0.25) is 5.78 Å². The van der Waals surface area contributed by atoms with Crippen LogP contribution in [0.5, 0.6) is 5.75 Å². The average molecular weight is 338 g/mol. The molecule has 102 valence electrons. The van der Waals surface area contributed by atoms with E-state index in [0.29, 0.717) is 5.69 Å². The molecular weight excluding hydrogens is 331 g/mol. The van der Waals surface area contributed by atoms with Gasteiger partial charge in [-0.3, -0.25) is 9.59 Å². The third-order valence-electron chi connectivity index (χ3n) is 2.50. The number of anilines is 1. The van der Waals surface area contributed by atoms with E-state index in [-0.39, 0.29) is 17.4 Å². The van der Waals surface area contributed by atoms with Gasteiger partial charge in [-0.05, 0) is 34.1 Å². The Morgan fingerprint density at radius 2 is 1.95 bits per heavy atom. The molecule has 1 aromatic rings. The maximum atomic E-state index is 12.1. The number of alkyl halides is 3. The number of benzene rings is 1. The Balaban J connectivity index is 2.24. The van der Waals surface area contributed by atoms with Crippen LogP contribution in [0.1, 0.15) is 6.42 Å². The van der Waals surface area contributed by atoms with E-state index >= 15 is 0 Å². The largest absolute Gasteiger partial charge is 0.573 e. The normalized spacial score (nSPS) is 16.1. The highest BCUT2D eigenvalue weighted by Crippen LogP contribution is 2.34. The Morgan fingerprint density at radius 1 is 1.26 bits per heavy atom. The third-order valence-corrected chi connectivity index (χ3v) is 3.12. The number of rotatable bonds is 2. The smallest absolute Gasteiger partial charge is 0.405 e. The fourth-order valence-electron chi connectivity index (χ4n) is 1.68. The van der Waals surface area contributed by atoms with Gasteiger partial charge in [-0.25, -0.2) is 0 Å². The summed E-state index contributed by atoms with van der Waals surface area (Å²) in [7, 11) is 0. The van der Waals surface area contributed by atoms with Crippen molar-refractivity contribution in [1.82, 2.24) is 0 Å². The molecule has 0 aromatic heterocycles. The van der Waals surface area contributed by atoms with Crippen molar-refractivity contribution >= 4 is 33.3 Å². The fourth-order valence-corrected chi connectivity index (χ4v) is 2.13. The number of carbonyl (C=O) groups is 2. The first-order valence-electron chi connectivity index (χ1n) is 5.18. The fraction of sp³-hybridized carbons (Fsp3) is 0.273. The van der Waals surface area contributed by atoms with Crippen LogP contribution in [0.3, 0.4) is 0 Å². The van der Waals surface area contributed by atoms with Crippen LogP contribution in [0.25, 0.3) is 0 Å². The predicted molar refractivity (Wildman–Crippen MR) is 62.8 cm³/mol. The molecule has 1 saturated heterocycles. The summed E-state index contributed by atoms with van der Waals surface area (Å²) in [6, 6.07) is 3.68. The van der Waals surface area contributed by atoms with Gasteiger partial charge in [0.05, 0.1) is 4.47 Å². The standard InChI is InChI=1S/C11H7BrF3NO3/c12-7-5-6(16-4-3-8(17)10(16)18)1-2-9(7)19-11(13,14)15/h1-2,5H,3-4H2. The second-order valence-electron chi connectivity index (χ2n) is 3.79. The van der Waals surface area contributed by atoms with Crippen molar-refractivity contribution in [2.75, 3.05) is 11.4 Å². The van der Waals surface area contributed by atoms with Crippen molar-refractivity contribution in [3.63, 3.8) is 0 Å². The summed E-state index contributed by atoms with van der Waals surface area (Å²) >= 11 is 2.93. The Bertz CT molecular complexity index is 544. The van der Waals surface area contributed by atoms with Crippen LogP contribution in [0.15, 0.2) is 22.7 Å². The minimum atomic E-state index is -4.79. The van der Waals surface area contributed by atoms with Crippen LogP contribution >= 0.6 is 15.9 Å². The average Bonchev–Trinajstić information content (AvgIpc) is 2.61. The molecule has 0 saturated carbocycles. The van der Waals surface area contributed by atoms with Crippen LogP contribution in [0.4, 0.5) is 18.9 Å². The van der Waals surface area contributed by atoms with Gasteiger partial charge >= 0.3 is 6.36 Å². The van der Waals surface area contributed by atoms with Gasteiger partial charge in [-0.1, -0.05) is 0 Å². The first kappa shape index (κ1) is 13.9.